The van der Waals surface area contributed by atoms with Crippen molar-refractivity contribution in [2.24, 2.45) is 0 Å². The summed E-state index contributed by atoms with van der Waals surface area (Å²) >= 11 is 5.80. The highest BCUT2D eigenvalue weighted by atomic mass is 35.5. The monoisotopic (exact) mass is 316 g/mol. The molecule has 0 amide bonds. The van der Waals surface area contributed by atoms with Crippen molar-refractivity contribution in [2.75, 3.05) is 25.1 Å². The summed E-state index contributed by atoms with van der Waals surface area (Å²) in [6.07, 6.45) is 4.10. The highest BCUT2D eigenvalue weighted by Crippen LogP contribution is 2.25. The highest BCUT2D eigenvalue weighted by molar-refractivity contribution is 7.91. The molecular weight excluding hydrogens is 296 g/mol. The summed E-state index contributed by atoms with van der Waals surface area (Å²) in [5.74, 6) is 0.133. The average Bonchev–Trinajstić information content (AvgIpc) is 2.37. The minimum Gasteiger partial charge on any atom is -0.398 e. The van der Waals surface area contributed by atoms with Gasteiger partial charge in [0.1, 0.15) is 0 Å². The fourth-order valence-corrected chi connectivity index (χ4v) is 4.39. The van der Waals surface area contributed by atoms with E-state index >= 15 is 0 Å². The normalized spacial score (nSPS) is 21.0. The number of anilines is 1. The van der Waals surface area contributed by atoms with Crippen LogP contribution in [0.5, 0.6) is 0 Å². The number of sulfone groups is 1. The van der Waals surface area contributed by atoms with Crippen molar-refractivity contribution < 1.29 is 8.42 Å². The summed E-state index contributed by atoms with van der Waals surface area (Å²) in [7, 11) is -1.28. The molecule has 1 aliphatic heterocycles. The quantitative estimate of drug-likeness (QED) is 0.867. The van der Waals surface area contributed by atoms with Gasteiger partial charge >= 0.3 is 0 Å². The van der Waals surface area contributed by atoms with Gasteiger partial charge in [0.15, 0.2) is 9.84 Å². The number of nitrogens with zero attached hydrogens (tertiary/aromatic N) is 1. The number of likely N-dealkylation sites (tertiary alicyclic amines) is 1. The van der Waals surface area contributed by atoms with Crippen LogP contribution < -0.4 is 5.73 Å². The molecule has 0 radical (unpaired) electrons. The number of nitrogens with two attached hydrogens (primary N) is 1. The molecule has 0 aliphatic carbocycles. The Balaban J connectivity index is 2.07. The molecule has 1 fully saturated rings. The van der Waals surface area contributed by atoms with Crippen molar-refractivity contribution in [1.82, 2.24) is 4.90 Å². The minimum atomic E-state index is -3.34. The number of nitrogen functional groups attached to an aromatic ring is 1. The standard InChI is InChI=1S/C14H21ClN2O2S/c1-17-8-3-2-4-12(17)7-9-20(18,19)14-6-5-11(15)10-13(14)16/h5-6,10,12H,2-4,7-9,16H2,1H3. The number of piperidine rings is 1. The van der Waals surface area contributed by atoms with Gasteiger partial charge in [0, 0.05) is 11.1 Å². The van der Waals surface area contributed by atoms with Crippen LogP contribution in [0.2, 0.25) is 5.02 Å². The number of hydrogen-bond donors (Lipinski definition) is 1. The Morgan fingerprint density at radius 2 is 2.15 bits per heavy atom. The molecule has 0 spiro atoms. The van der Waals surface area contributed by atoms with Gasteiger partial charge < -0.3 is 10.6 Å². The van der Waals surface area contributed by atoms with E-state index in [-0.39, 0.29) is 16.3 Å². The minimum absolute atomic E-state index is 0.133. The van der Waals surface area contributed by atoms with Crippen LogP contribution in [0.4, 0.5) is 5.69 Å². The van der Waals surface area contributed by atoms with Gasteiger partial charge in [-0.15, -0.1) is 0 Å². The van der Waals surface area contributed by atoms with Crippen LogP contribution in [0.15, 0.2) is 23.1 Å². The third-order valence-corrected chi connectivity index (χ3v) is 6.00. The molecule has 2 N–H and O–H groups in total. The fraction of sp³-hybridized carbons (Fsp3) is 0.571. The molecule has 0 aromatic heterocycles. The first-order valence-corrected chi connectivity index (χ1v) is 8.91. The Hall–Kier alpha value is -0.780. The van der Waals surface area contributed by atoms with Crippen molar-refractivity contribution in [3.63, 3.8) is 0 Å². The van der Waals surface area contributed by atoms with E-state index in [2.05, 4.69) is 11.9 Å². The largest absolute Gasteiger partial charge is 0.398 e. The molecule has 0 saturated carbocycles. The fourth-order valence-electron chi connectivity index (χ4n) is 2.71. The van der Waals surface area contributed by atoms with Gasteiger partial charge in [0.25, 0.3) is 0 Å². The van der Waals surface area contributed by atoms with E-state index in [9.17, 15) is 8.42 Å². The Labute approximate surface area is 125 Å². The van der Waals surface area contributed by atoms with Gasteiger partial charge in [-0.05, 0) is 51.1 Å². The summed E-state index contributed by atoms with van der Waals surface area (Å²) in [6, 6.07) is 4.91. The van der Waals surface area contributed by atoms with Crippen molar-refractivity contribution in [1.29, 1.82) is 0 Å². The van der Waals surface area contributed by atoms with Crippen molar-refractivity contribution in [2.45, 2.75) is 36.6 Å². The SMILES string of the molecule is CN1CCCCC1CCS(=O)(=O)c1ccc(Cl)cc1N. The lowest BCUT2D eigenvalue weighted by molar-refractivity contribution is 0.181. The van der Waals surface area contributed by atoms with Crippen LogP contribution in [0.25, 0.3) is 0 Å². The van der Waals surface area contributed by atoms with E-state index in [1.165, 1.54) is 25.0 Å². The Morgan fingerprint density at radius 1 is 1.40 bits per heavy atom. The van der Waals surface area contributed by atoms with Crippen molar-refractivity contribution in [3.8, 4) is 0 Å². The van der Waals surface area contributed by atoms with Crippen LogP contribution in [-0.2, 0) is 9.84 Å². The second-order valence-electron chi connectivity index (χ2n) is 5.42. The number of halogens is 1. The van der Waals surface area contributed by atoms with Crippen LogP contribution >= 0.6 is 11.6 Å². The van der Waals surface area contributed by atoms with Gasteiger partial charge in [0.05, 0.1) is 16.3 Å². The first-order chi connectivity index (χ1) is 9.40. The number of benzene rings is 1. The lowest BCUT2D eigenvalue weighted by Crippen LogP contribution is -2.37. The van der Waals surface area contributed by atoms with E-state index in [0.717, 1.165) is 13.0 Å². The first kappa shape index (κ1) is 15.6. The zero-order valence-corrected chi connectivity index (χ0v) is 13.3. The molecule has 6 heteroatoms. The molecule has 1 atom stereocenters. The van der Waals surface area contributed by atoms with Gasteiger partial charge in [-0.1, -0.05) is 18.0 Å². The van der Waals surface area contributed by atoms with E-state index < -0.39 is 9.84 Å². The Kier molecular flexibility index (Phi) is 4.94. The zero-order valence-electron chi connectivity index (χ0n) is 11.7. The number of rotatable bonds is 4. The lowest BCUT2D eigenvalue weighted by atomic mass is 10.0. The first-order valence-electron chi connectivity index (χ1n) is 6.88. The summed E-state index contributed by atoms with van der Waals surface area (Å²) in [5, 5.41) is 0.452. The van der Waals surface area contributed by atoms with E-state index in [1.807, 2.05) is 0 Å². The van der Waals surface area contributed by atoms with Crippen LogP contribution in [0, 0.1) is 0 Å². The smallest absolute Gasteiger partial charge is 0.180 e. The maximum Gasteiger partial charge on any atom is 0.180 e. The average molecular weight is 317 g/mol. The summed E-state index contributed by atoms with van der Waals surface area (Å²) in [5.41, 5.74) is 6.00. The topological polar surface area (TPSA) is 63.4 Å². The van der Waals surface area contributed by atoms with Crippen molar-refractivity contribution in [3.05, 3.63) is 23.2 Å². The van der Waals surface area contributed by atoms with Gasteiger partial charge in [-0.3, -0.25) is 0 Å². The predicted molar refractivity (Wildman–Crippen MR) is 82.8 cm³/mol. The Bertz CT molecular complexity index is 575. The molecule has 1 heterocycles. The molecule has 2 rings (SSSR count). The molecule has 1 saturated heterocycles. The highest BCUT2D eigenvalue weighted by Gasteiger charge is 2.23. The second kappa shape index (κ2) is 6.33. The zero-order chi connectivity index (χ0) is 14.8. The van der Waals surface area contributed by atoms with Crippen LogP contribution in [0.3, 0.4) is 0 Å². The molecule has 4 nitrogen and oxygen atoms in total. The van der Waals surface area contributed by atoms with Gasteiger partial charge in [0.2, 0.25) is 0 Å². The molecule has 112 valence electrons. The maximum atomic E-state index is 12.4. The Morgan fingerprint density at radius 3 is 2.80 bits per heavy atom. The van der Waals surface area contributed by atoms with Gasteiger partial charge in [-0.25, -0.2) is 8.42 Å². The molecule has 1 aromatic rings. The maximum absolute atomic E-state index is 12.4. The van der Waals surface area contributed by atoms with E-state index in [4.69, 9.17) is 17.3 Å². The molecule has 1 unspecified atom stereocenters. The third kappa shape index (κ3) is 3.65. The molecule has 1 aliphatic rings. The summed E-state index contributed by atoms with van der Waals surface area (Å²) in [4.78, 5) is 2.45. The van der Waals surface area contributed by atoms with Crippen molar-refractivity contribution >= 4 is 27.1 Å². The lowest BCUT2D eigenvalue weighted by Gasteiger charge is -2.32. The molecule has 1 aromatic carbocycles. The summed E-state index contributed by atoms with van der Waals surface area (Å²) in [6.45, 7) is 1.05. The van der Waals surface area contributed by atoms with Gasteiger partial charge in [-0.2, -0.15) is 0 Å². The van der Waals surface area contributed by atoms with E-state index in [1.54, 1.807) is 6.07 Å². The number of hydrogen-bond acceptors (Lipinski definition) is 4. The summed E-state index contributed by atoms with van der Waals surface area (Å²) < 4.78 is 24.7. The predicted octanol–water partition coefficient (Wildman–Crippen LogP) is 2.57. The second-order valence-corrected chi connectivity index (χ2v) is 7.93. The van der Waals surface area contributed by atoms with Crippen LogP contribution in [0.1, 0.15) is 25.7 Å². The molecule has 20 heavy (non-hydrogen) atoms. The molecule has 0 bridgehead atoms. The molecular formula is C14H21ClN2O2S. The van der Waals surface area contributed by atoms with Crippen LogP contribution in [-0.4, -0.2) is 38.7 Å². The third-order valence-electron chi connectivity index (χ3n) is 3.95. The van der Waals surface area contributed by atoms with E-state index in [0.29, 0.717) is 17.5 Å².